The molecule has 2 aliphatic rings. The topological polar surface area (TPSA) is 70.2 Å². The molecule has 5 nitrogen and oxygen atoms in total. The van der Waals surface area contributed by atoms with Gasteiger partial charge in [-0.3, -0.25) is 9.59 Å². The minimum atomic E-state index is -0.0293. The maximum absolute atomic E-state index is 12.2. The van der Waals surface area contributed by atoms with Crippen molar-refractivity contribution in [2.24, 2.45) is 0 Å². The van der Waals surface area contributed by atoms with Crippen LogP contribution in [0.2, 0.25) is 0 Å². The molecule has 106 valence electrons. The summed E-state index contributed by atoms with van der Waals surface area (Å²) < 4.78 is 0. The highest BCUT2D eigenvalue weighted by molar-refractivity contribution is 5.98. The summed E-state index contributed by atoms with van der Waals surface area (Å²) >= 11 is 0. The molecule has 1 atom stereocenters. The van der Waals surface area contributed by atoms with Gasteiger partial charge in [-0.25, -0.2) is 0 Å². The molecule has 1 fully saturated rings. The van der Waals surface area contributed by atoms with E-state index in [1.165, 1.54) is 0 Å². The van der Waals surface area contributed by atoms with Crippen molar-refractivity contribution < 1.29 is 9.59 Å². The summed E-state index contributed by atoms with van der Waals surface area (Å²) in [4.78, 5) is 23.5. The van der Waals surface area contributed by atoms with Gasteiger partial charge >= 0.3 is 0 Å². The van der Waals surface area contributed by atoms with Crippen LogP contribution in [0.5, 0.6) is 0 Å². The molecular weight excluding hydrogens is 254 g/mol. The number of amides is 2. The van der Waals surface area contributed by atoms with E-state index in [0.29, 0.717) is 18.4 Å². The van der Waals surface area contributed by atoms with Gasteiger partial charge in [-0.15, -0.1) is 0 Å². The van der Waals surface area contributed by atoms with Crippen LogP contribution in [0, 0.1) is 0 Å². The van der Waals surface area contributed by atoms with Crippen LogP contribution in [0.25, 0.3) is 0 Å². The highest BCUT2D eigenvalue weighted by atomic mass is 16.2. The SMILES string of the molecule is O=C1CCc2cc(C(=O)N[C@@H]3CCCNC3)ccc2N1. The normalized spacial score (nSPS) is 21.8. The van der Waals surface area contributed by atoms with Gasteiger partial charge in [0, 0.05) is 30.3 Å². The van der Waals surface area contributed by atoms with Crippen molar-refractivity contribution in [3.05, 3.63) is 29.3 Å². The molecule has 1 saturated heterocycles. The number of aryl methyl sites for hydroxylation is 1. The van der Waals surface area contributed by atoms with E-state index in [2.05, 4.69) is 16.0 Å². The number of fused-ring (bicyclic) bond motifs is 1. The van der Waals surface area contributed by atoms with Crippen molar-refractivity contribution in [2.45, 2.75) is 31.7 Å². The van der Waals surface area contributed by atoms with Crippen LogP contribution in [0.3, 0.4) is 0 Å². The predicted octanol–water partition coefficient (Wildman–Crippen LogP) is 1.05. The van der Waals surface area contributed by atoms with E-state index >= 15 is 0 Å². The number of carbonyl (C=O) groups is 2. The van der Waals surface area contributed by atoms with Crippen LogP contribution in [-0.2, 0) is 11.2 Å². The Morgan fingerprint density at radius 3 is 3.00 bits per heavy atom. The van der Waals surface area contributed by atoms with E-state index in [4.69, 9.17) is 0 Å². The zero-order chi connectivity index (χ0) is 13.9. The second kappa shape index (κ2) is 5.63. The minimum Gasteiger partial charge on any atom is -0.348 e. The van der Waals surface area contributed by atoms with Crippen molar-refractivity contribution in [1.29, 1.82) is 0 Å². The molecular formula is C15H19N3O2. The van der Waals surface area contributed by atoms with Gasteiger partial charge in [0.1, 0.15) is 0 Å². The Labute approximate surface area is 118 Å². The molecule has 0 bridgehead atoms. The molecule has 20 heavy (non-hydrogen) atoms. The fraction of sp³-hybridized carbons (Fsp3) is 0.467. The summed E-state index contributed by atoms with van der Waals surface area (Å²) in [5.74, 6) is 0.0152. The molecule has 0 aliphatic carbocycles. The number of hydrogen-bond donors (Lipinski definition) is 3. The van der Waals surface area contributed by atoms with Crippen LogP contribution < -0.4 is 16.0 Å². The summed E-state index contributed by atoms with van der Waals surface area (Å²) in [6, 6.07) is 5.70. The minimum absolute atomic E-state index is 0.0293. The van der Waals surface area contributed by atoms with E-state index in [-0.39, 0.29) is 17.9 Å². The van der Waals surface area contributed by atoms with E-state index in [9.17, 15) is 9.59 Å². The summed E-state index contributed by atoms with van der Waals surface area (Å²) in [5.41, 5.74) is 2.54. The summed E-state index contributed by atoms with van der Waals surface area (Å²) in [5, 5.41) is 9.17. The van der Waals surface area contributed by atoms with Gasteiger partial charge in [-0.2, -0.15) is 0 Å². The van der Waals surface area contributed by atoms with Crippen LogP contribution in [0.4, 0.5) is 5.69 Å². The number of hydrogen-bond acceptors (Lipinski definition) is 3. The third-order valence-corrected chi connectivity index (χ3v) is 3.90. The molecule has 2 heterocycles. The van der Waals surface area contributed by atoms with Crippen molar-refractivity contribution in [1.82, 2.24) is 10.6 Å². The van der Waals surface area contributed by atoms with Gasteiger partial charge < -0.3 is 16.0 Å². The molecule has 2 amide bonds. The first-order valence-electron chi connectivity index (χ1n) is 7.17. The lowest BCUT2D eigenvalue weighted by Crippen LogP contribution is -2.45. The average Bonchev–Trinajstić information content (AvgIpc) is 2.47. The maximum atomic E-state index is 12.2. The number of rotatable bonds is 2. The molecule has 0 saturated carbocycles. The summed E-state index contributed by atoms with van der Waals surface area (Å²) in [6.45, 7) is 1.87. The Bertz CT molecular complexity index is 536. The second-order valence-electron chi connectivity index (χ2n) is 5.44. The molecule has 0 radical (unpaired) electrons. The highest BCUT2D eigenvalue weighted by Gasteiger charge is 2.19. The lowest BCUT2D eigenvalue weighted by molar-refractivity contribution is -0.116. The smallest absolute Gasteiger partial charge is 0.251 e. The van der Waals surface area contributed by atoms with Crippen LogP contribution >= 0.6 is 0 Å². The first-order valence-corrected chi connectivity index (χ1v) is 7.17. The molecule has 5 heteroatoms. The van der Waals surface area contributed by atoms with Gasteiger partial charge in [-0.1, -0.05) is 0 Å². The predicted molar refractivity (Wildman–Crippen MR) is 76.8 cm³/mol. The number of benzene rings is 1. The zero-order valence-corrected chi connectivity index (χ0v) is 11.4. The molecule has 1 aromatic rings. The monoisotopic (exact) mass is 273 g/mol. The van der Waals surface area contributed by atoms with E-state index in [0.717, 1.165) is 37.2 Å². The molecule has 1 aromatic carbocycles. The Morgan fingerprint density at radius 1 is 1.30 bits per heavy atom. The van der Waals surface area contributed by atoms with Crippen LogP contribution in [0.1, 0.15) is 35.2 Å². The Kier molecular flexibility index (Phi) is 3.69. The van der Waals surface area contributed by atoms with Gasteiger partial charge in [0.25, 0.3) is 5.91 Å². The third-order valence-electron chi connectivity index (χ3n) is 3.90. The Morgan fingerprint density at radius 2 is 2.20 bits per heavy atom. The van der Waals surface area contributed by atoms with E-state index in [1.807, 2.05) is 12.1 Å². The number of anilines is 1. The fourth-order valence-electron chi connectivity index (χ4n) is 2.77. The molecule has 0 spiro atoms. The highest BCUT2D eigenvalue weighted by Crippen LogP contribution is 2.23. The Balaban J connectivity index is 1.70. The van der Waals surface area contributed by atoms with Crippen molar-refractivity contribution in [3.63, 3.8) is 0 Å². The first kappa shape index (κ1) is 13.1. The van der Waals surface area contributed by atoms with Gasteiger partial charge in [0.05, 0.1) is 0 Å². The molecule has 3 rings (SSSR count). The quantitative estimate of drug-likeness (QED) is 0.754. The van der Waals surface area contributed by atoms with Crippen LogP contribution in [-0.4, -0.2) is 30.9 Å². The van der Waals surface area contributed by atoms with Crippen LogP contribution in [0.15, 0.2) is 18.2 Å². The molecule has 2 aliphatic heterocycles. The third kappa shape index (κ3) is 2.82. The largest absolute Gasteiger partial charge is 0.348 e. The van der Waals surface area contributed by atoms with Crippen molar-refractivity contribution in [2.75, 3.05) is 18.4 Å². The molecule has 0 unspecified atom stereocenters. The van der Waals surface area contributed by atoms with E-state index < -0.39 is 0 Å². The Hall–Kier alpha value is -1.88. The average molecular weight is 273 g/mol. The van der Waals surface area contributed by atoms with Crippen molar-refractivity contribution in [3.8, 4) is 0 Å². The van der Waals surface area contributed by atoms with Gasteiger partial charge in [0.15, 0.2) is 0 Å². The standard InChI is InChI=1S/C15H19N3O2/c19-14-6-4-10-8-11(3-5-13(10)18-14)15(20)17-12-2-1-7-16-9-12/h3,5,8,12,16H,1-2,4,6-7,9H2,(H,17,20)(H,18,19)/t12-/m1/s1. The van der Waals surface area contributed by atoms with Crippen molar-refractivity contribution >= 4 is 17.5 Å². The molecule has 0 aromatic heterocycles. The number of carbonyl (C=O) groups excluding carboxylic acids is 2. The summed E-state index contributed by atoms with van der Waals surface area (Å²) in [6.07, 6.45) is 3.32. The summed E-state index contributed by atoms with van der Waals surface area (Å²) in [7, 11) is 0. The lowest BCUT2D eigenvalue weighted by atomic mass is 9.99. The van der Waals surface area contributed by atoms with E-state index in [1.54, 1.807) is 6.07 Å². The second-order valence-corrected chi connectivity index (χ2v) is 5.44. The number of nitrogens with one attached hydrogen (secondary N) is 3. The zero-order valence-electron chi connectivity index (χ0n) is 11.4. The van der Waals surface area contributed by atoms with Gasteiger partial charge in [0.2, 0.25) is 5.91 Å². The van der Waals surface area contributed by atoms with Gasteiger partial charge in [-0.05, 0) is 49.6 Å². The number of piperidine rings is 1. The fourth-order valence-corrected chi connectivity index (χ4v) is 2.77. The lowest BCUT2D eigenvalue weighted by Gasteiger charge is -2.24. The first-order chi connectivity index (χ1) is 9.72. The maximum Gasteiger partial charge on any atom is 0.251 e. The molecule has 3 N–H and O–H groups in total.